The van der Waals surface area contributed by atoms with Gasteiger partial charge in [0.2, 0.25) is 5.91 Å². The van der Waals surface area contributed by atoms with E-state index >= 15 is 0 Å². The molecule has 0 bridgehead atoms. The molecule has 3 rings (SSSR count). The lowest BCUT2D eigenvalue weighted by molar-refractivity contribution is -0.115. The van der Waals surface area contributed by atoms with Crippen LogP contribution in [0.4, 0.5) is 17.1 Å². The molecule has 0 unspecified atom stereocenters. The molecular formula is C18H20ClN3O2. The van der Waals surface area contributed by atoms with Crippen molar-refractivity contribution >= 4 is 34.6 Å². The number of nitrogen functional groups attached to an aromatic ring is 1. The largest absolute Gasteiger partial charge is 0.399 e. The molecule has 0 saturated carbocycles. The molecule has 5 nitrogen and oxygen atoms in total. The van der Waals surface area contributed by atoms with Gasteiger partial charge in [-0.3, -0.25) is 4.79 Å². The molecule has 6 heteroatoms. The lowest BCUT2D eigenvalue weighted by Gasteiger charge is -2.31. The minimum atomic E-state index is -0.0865. The van der Waals surface area contributed by atoms with E-state index in [1.165, 1.54) is 0 Å². The fraction of sp³-hybridized carbons (Fsp3) is 0.278. The fourth-order valence-electron chi connectivity index (χ4n) is 2.74. The van der Waals surface area contributed by atoms with Gasteiger partial charge < -0.3 is 20.7 Å². The van der Waals surface area contributed by atoms with Gasteiger partial charge in [-0.05, 0) is 29.8 Å². The lowest BCUT2D eigenvalue weighted by Crippen LogP contribution is -2.37. The number of morpholine rings is 1. The molecule has 0 atom stereocenters. The second-order valence-corrected chi connectivity index (χ2v) is 6.11. The van der Waals surface area contributed by atoms with Crippen LogP contribution in [-0.4, -0.2) is 32.2 Å². The Bertz CT molecular complexity index is 713. The monoisotopic (exact) mass is 345 g/mol. The van der Waals surface area contributed by atoms with E-state index in [0.29, 0.717) is 23.9 Å². The Morgan fingerprint density at radius 1 is 1.17 bits per heavy atom. The highest BCUT2D eigenvalue weighted by atomic mass is 35.5. The summed E-state index contributed by atoms with van der Waals surface area (Å²) in [7, 11) is 0. The van der Waals surface area contributed by atoms with Crippen LogP contribution < -0.4 is 16.0 Å². The molecule has 3 N–H and O–H groups in total. The minimum Gasteiger partial charge on any atom is -0.399 e. The first-order chi connectivity index (χ1) is 11.6. The summed E-state index contributed by atoms with van der Waals surface area (Å²) in [6, 6.07) is 12.8. The molecule has 0 spiro atoms. The molecule has 2 aromatic rings. The standard InChI is InChI=1S/C18H20ClN3O2/c19-15-2-1-3-16(18(15)22-8-10-24-11-9-22)21-17(23)12-13-4-6-14(20)7-5-13/h1-7H,8-12,20H2,(H,21,23). The highest BCUT2D eigenvalue weighted by molar-refractivity contribution is 6.34. The van der Waals surface area contributed by atoms with E-state index in [4.69, 9.17) is 22.1 Å². The predicted molar refractivity (Wildman–Crippen MR) is 97.7 cm³/mol. The summed E-state index contributed by atoms with van der Waals surface area (Å²) in [5.74, 6) is -0.0865. The number of ether oxygens (including phenoxy) is 1. The van der Waals surface area contributed by atoms with E-state index in [9.17, 15) is 4.79 Å². The second-order valence-electron chi connectivity index (χ2n) is 5.70. The first-order valence-corrected chi connectivity index (χ1v) is 8.27. The lowest BCUT2D eigenvalue weighted by atomic mass is 10.1. The number of amides is 1. The van der Waals surface area contributed by atoms with Gasteiger partial charge in [0, 0.05) is 18.8 Å². The van der Waals surface area contributed by atoms with Crippen molar-refractivity contribution in [3.8, 4) is 0 Å². The Hall–Kier alpha value is -2.24. The van der Waals surface area contributed by atoms with Crippen molar-refractivity contribution in [2.24, 2.45) is 0 Å². The molecule has 126 valence electrons. The van der Waals surface area contributed by atoms with E-state index < -0.39 is 0 Å². The van der Waals surface area contributed by atoms with Crippen LogP contribution in [0.1, 0.15) is 5.56 Å². The van der Waals surface area contributed by atoms with Crippen molar-refractivity contribution in [2.75, 3.05) is 42.3 Å². The molecule has 1 amide bonds. The number of halogens is 1. The number of hydrogen-bond donors (Lipinski definition) is 2. The van der Waals surface area contributed by atoms with E-state index in [0.717, 1.165) is 30.0 Å². The zero-order valence-corrected chi connectivity index (χ0v) is 14.1. The van der Waals surface area contributed by atoms with E-state index in [1.54, 1.807) is 12.1 Å². The summed E-state index contributed by atoms with van der Waals surface area (Å²) in [5.41, 5.74) is 8.85. The normalized spacial score (nSPS) is 14.5. The van der Waals surface area contributed by atoms with Crippen LogP contribution in [0.2, 0.25) is 5.02 Å². The predicted octanol–water partition coefficient (Wildman–Crippen LogP) is 2.94. The molecule has 1 saturated heterocycles. The van der Waals surface area contributed by atoms with Crippen LogP contribution in [-0.2, 0) is 16.0 Å². The summed E-state index contributed by atoms with van der Waals surface area (Å²) in [6.07, 6.45) is 0.287. The first-order valence-electron chi connectivity index (χ1n) is 7.89. The molecular weight excluding hydrogens is 326 g/mol. The van der Waals surface area contributed by atoms with Gasteiger partial charge in [0.1, 0.15) is 0 Å². The second kappa shape index (κ2) is 7.55. The topological polar surface area (TPSA) is 67.6 Å². The van der Waals surface area contributed by atoms with E-state index in [1.807, 2.05) is 30.3 Å². The maximum Gasteiger partial charge on any atom is 0.228 e. The maximum atomic E-state index is 12.4. The third-order valence-corrected chi connectivity index (χ3v) is 4.24. The van der Waals surface area contributed by atoms with Gasteiger partial charge in [-0.1, -0.05) is 29.8 Å². The minimum absolute atomic E-state index is 0.0865. The number of rotatable bonds is 4. The Balaban J connectivity index is 1.75. The maximum absolute atomic E-state index is 12.4. The summed E-state index contributed by atoms with van der Waals surface area (Å²) in [4.78, 5) is 14.5. The molecule has 0 aliphatic carbocycles. The van der Waals surface area contributed by atoms with Gasteiger partial charge in [-0.15, -0.1) is 0 Å². The fourth-order valence-corrected chi connectivity index (χ4v) is 3.03. The zero-order chi connectivity index (χ0) is 16.9. The molecule has 2 aromatic carbocycles. The number of carbonyl (C=O) groups is 1. The first kappa shape index (κ1) is 16.6. The Kier molecular flexibility index (Phi) is 5.23. The third kappa shape index (κ3) is 3.99. The average molecular weight is 346 g/mol. The molecule has 0 radical (unpaired) electrons. The molecule has 1 fully saturated rings. The Morgan fingerprint density at radius 3 is 2.58 bits per heavy atom. The highest BCUT2D eigenvalue weighted by Gasteiger charge is 2.19. The van der Waals surface area contributed by atoms with Gasteiger partial charge in [-0.25, -0.2) is 0 Å². The van der Waals surface area contributed by atoms with E-state index in [2.05, 4.69) is 10.2 Å². The van der Waals surface area contributed by atoms with Crippen molar-refractivity contribution in [2.45, 2.75) is 6.42 Å². The molecule has 1 aliphatic rings. The summed E-state index contributed by atoms with van der Waals surface area (Å²) in [5, 5.41) is 3.60. The van der Waals surface area contributed by atoms with Gasteiger partial charge >= 0.3 is 0 Å². The Labute approximate surface area is 146 Å². The van der Waals surface area contributed by atoms with Gasteiger partial charge in [0.05, 0.1) is 36.0 Å². The molecule has 1 aliphatic heterocycles. The number of nitrogens with one attached hydrogen (secondary N) is 1. The van der Waals surface area contributed by atoms with E-state index in [-0.39, 0.29) is 12.3 Å². The number of para-hydroxylation sites is 1. The molecule has 1 heterocycles. The quantitative estimate of drug-likeness (QED) is 0.836. The zero-order valence-electron chi connectivity index (χ0n) is 13.3. The molecule has 0 aromatic heterocycles. The van der Waals surface area contributed by atoms with Gasteiger partial charge in [0.25, 0.3) is 0 Å². The smallest absolute Gasteiger partial charge is 0.228 e. The summed E-state index contributed by atoms with van der Waals surface area (Å²) >= 11 is 6.38. The number of hydrogen-bond acceptors (Lipinski definition) is 4. The number of nitrogens with two attached hydrogens (primary N) is 1. The summed E-state index contributed by atoms with van der Waals surface area (Å²) in [6.45, 7) is 2.82. The van der Waals surface area contributed by atoms with Crippen molar-refractivity contribution in [1.29, 1.82) is 0 Å². The Morgan fingerprint density at radius 2 is 1.88 bits per heavy atom. The van der Waals surface area contributed by atoms with Crippen LogP contribution in [0.5, 0.6) is 0 Å². The average Bonchev–Trinajstić information content (AvgIpc) is 2.58. The summed E-state index contributed by atoms with van der Waals surface area (Å²) < 4.78 is 5.39. The van der Waals surface area contributed by atoms with Gasteiger partial charge in [-0.2, -0.15) is 0 Å². The van der Waals surface area contributed by atoms with Crippen molar-refractivity contribution in [1.82, 2.24) is 0 Å². The van der Waals surface area contributed by atoms with Crippen LogP contribution in [0.15, 0.2) is 42.5 Å². The van der Waals surface area contributed by atoms with Crippen molar-refractivity contribution in [3.63, 3.8) is 0 Å². The third-order valence-electron chi connectivity index (χ3n) is 3.93. The number of anilines is 3. The van der Waals surface area contributed by atoms with Crippen molar-refractivity contribution in [3.05, 3.63) is 53.1 Å². The van der Waals surface area contributed by atoms with Crippen molar-refractivity contribution < 1.29 is 9.53 Å². The number of carbonyl (C=O) groups excluding carboxylic acids is 1. The van der Waals surface area contributed by atoms with Crippen LogP contribution in [0.25, 0.3) is 0 Å². The number of benzene rings is 2. The van der Waals surface area contributed by atoms with Gasteiger partial charge in [0.15, 0.2) is 0 Å². The highest BCUT2D eigenvalue weighted by Crippen LogP contribution is 2.34. The SMILES string of the molecule is Nc1ccc(CC(=O)Nc2cccc(Cl)c2N2CCOCC2)cc1. The molecule has 24 heavy (non-hydrogen) atoms. The number of nitrogens with zero attached hydrogens (tertiary/aromatic N) is 1. The van der Waals surface area contributed by atoms with Crippen LogP contribution in [0.3, 0.4) is 0 Å². The van der Waals surface area contributed by atoms with Crippen LogP contribution in [0, 0.1) is 0 Å². The van der Waals surface area contributed by atoms with Crippen LogP contribution >= 0.6 is 11.6 Å².